The highest BCUT2D eigenvalue weighted by molar-refractivity contribution is 5.52. The predicted octanol–water partition coefficient (Wildman–Crippen LogP) is 1.93. The summed E-state index contributed by atoms with van der Waals surface area (Å²) < 4.78 is 5.12. The molecule has 0 aliphatic rings. The maximum absolute atomic E-state index is 5.27. The number of rotatable bonds is 2. The van der Waals surface area contributed by atoms with Gasteiger partial charge in [0.2, 0.25) is 0 Å². The predicted molar refractivity (Wildman–Crippen MR) is 51.0 cm³/mol. The zero-order chi connectivity index (χ0) is 8.97. The Morgan fingerprint density at radius 1 is 1.42 bits per heavy atom. The van der Waals surface area contributed by atoms with Gasteiger partial charge in [-0.25, -0.2) is 0 Å². The van der Waals surface area contributed by atoms with Crippen LogP contribution in [0.2, 0.25) is 0 Å². The van der Waals surface area contributed by atoms with Gasteiger partial charge in [0.1, 0.15) is 5.75 Å². The highest BCUT2D eigenvalue weighted by Gasteiger charge is 1.96. The van der Waals surface area contributed by atoms with Crippen molar-refractivity contribution in [2.24, 2.45) is 5.73 Å². The maximum atomic E-state index is 5.27. The van der Waals surface area contributed by atoms with Gasteiger partial charge in [-0.1, -0.05) is 6.07 Å². The van der Waals surface area contributed by atoms with Crippen LogP contribution in [0.5, 0.6) is 5.75 Å². The minimum absolute atomic E-state index is 0.907. The molecular weight excluding hydrogens is 150 g/mol. The van der Waals surface area contributed by atoms with Crippen LogP contribution >= 0.6 is 0 Å². The molecule has 12 heavy (non-hydrogen) atoms. The Morgan fingerprint density at radius 2 is 2.17 bits per heavy atom. The van der Waals surface area contributed by atoms with Crippen molar-refractivity contribution in [1.29, 1.82) is 0 Å². The molecule has 0 radical (unpaired) electrons. The van der Waals surface area contributed by atoms with Crippen molar-refractivity contribution in [1.82, 2.24) is 0 Å². The SMILES string of the molecule is COc1ccc(/C=C/N)cc1C. The summed E-state index contributed by atoms with van der Waals surface area (Å²) in [5.74, 6) is 0.907. The number of aryl methyl sites for hydroxylation is 1. The number of nitrogens with two attached hydrogens (primary N) is 1. The van der Waals surface area contributed by atoms with Crippen LogP contribution in [0.4, 0.5) is 0 Å². The fraction of sp³-hybridized carbons (Fsp3) is 0.200. The van der Waals surface area contributed by atoms with Gasteiger partial charge in [0.05, 0.1) is 7.11 Å². The molecule has 0 unspecified atom stereocenters. The van der Waals surface area contributed by atoms with Crippen LogP contribution in [0.1, 0.15) is 11.1 Å². The molecule has 64 valence electrons. The highest BCUT2D eigenvalue weighted by atomic mass is 16.5. The first kappa shape index (κ1) is 8.65. The van der Waals surface area contributed by atoms with E-state index in [0.29, 0.717) is 0 Å². The van der Waals surface area contributed by atoms with E-state index in [-0.39, 0.29) is 0 Å². The van der Waals surface area contributed by atoms with Crippen LogP contribution in [0.15, 0.2) is 24.4 Å². The summed E-state index contributed by atoms with van der Waals surface area (Å²) in [6.45, 7) is 2.01. The first-order valence-corrected chi connectivity index (χ1v) is 3.81. The van der Waals surface area contributed by atoms with Gasteiger partial charge in [-0.3, -0.25) is 0 Å². The average Bonchev–Trinajstić information content (AvgIpc) is 2.05. The maximum Gasteiger partial charge on any atom is 0.121 e. The van der Waals surface area contributed by atoms with Crippen molar-refractivity contribution in [2.75, 3.05) is 7.11 Å². The fourth-order valence-electron chi connectivity index (χ4n) is 1.12. The van der Waals surface area contributed by atoms with E-state index < -0.39 is 0 Å². The molecule has 1 aromatic carbocycles. The highest BCUT2D eigenvalue weighted by Crippen LogP contribution is 2.18. The summed E-state index contributed by atoms with van der Waals surface area (Å²) in [6.07, 6.45) is 3.38. The molecule has 0 fully saturated rings. The van der Waals surface area contributed by atoms with E-state index >= 15 is 0 Å². The molecule has 0 spiro atoms. The third-order valence-corrected chi connectivity index (χ3v) is 1.71. The first-order chi connectivity index (χ1) is 5.77. The van der Waals surface area contributed by atoms with Gasteiger partial charge >= 0.3 is 0 Å². The lowest BCUT2D eigenvalue weighted by Gasteiger charge is -2.04. The quantitative estimate of drug-likeness (QED) is 0.723. The summed E-state index contributed by atoms with van der Waals surface area (Å²) in [5, 5.41) is 0. The van der Waals surface area contributed by atoms with Crippen LogP contribution in [0.25, 0.3) is 6.08 Å². The van der Waals surface area contributed by atoms with Crippen LogP contribution in [-0.4, -0.2) is 7.11 Å². The number of methoxy groups -OCH3 is 1. The van der Waals surface area contributed by atoms with E-state index in [0.717, 1.165) is 16.9 Å². The third-order valence-electron chi connectivity index (χ3n) is 1.71. The molecule has 1 aromatic rings. The average molecular weight is 163 g/mol. The van der Waals surface area contributed by atoms with Gasteiger partial charge in [0.25, 0.3) is 0 Å². The van der Waals surface area contributed by atoms with E-state index in [1.807, 2.05) is 31.2 Å². The smallest absolute Gasteiger partial charge is 0.121 e. The van der Waals surface area contributed by atoms with Crippen molar-refractivity contribution in [3.05, 3.63) is 35.5 Å². The van der Waals surface area contributed by atoms with Crippen LogP contribution < -0.4 is 10.5 Å². The Morgan fingerprint density at radius 3 is 2.67 bits per heavy atom. The van der Waals surface area contributed by atoms with Gasteiger partial charge in [0, 0.05) is 0 Å². The summed E-state index contributed by atoms with van der Waals surface area (Å²) in [4.78, 5) is 0. The minimum atomic E-state index is 0.907. The van der Waals surface area contributed by atoms with Crippen LogP contribution in [0.3, 0.4) is 0 Å². The number of hydrogen-bond acceptors (Lipinski definition) is 2. The van der Waals surface area contributed by atoms with E-state index in [9.17, 15) is 0 Å². The summed E-state index contributed by atoms with van der Waals surface area (Å²) in [7, 11) is 1.67. The van der Waals surface area contributed by atoms with Gasteiger partial charge in [-0.05, 0) is 42.5 Å². The van der Waals surface area contributed by atoms with E-state index in [1.165, 1.54) is 6.20 Å². The van der Waals surface area contributed by atoms with Crippen molar-refractivity contribution < 1.29 is 4.74 Å². The van der Waals surface area contributed by atoms with Crippen molar-refractivity contribution in [3.8, 4) is 5.75 Å². The molecule has 0 aliphatic carbocycles. The van der Waals surface area contributed by atoms with Gasteiger partial charge in [-0.2, -0.15) is 0 Å². The Kier molecular flexibility index (Phi) is 2.75. The Labute approximate surface area is 72.7 Å². The van der Waals surface area contributed by atoms with Crippen molar-refractivity contribution in [3.63, 3.8) is 0 Å². The molecule has 2 nitrogen and oxygen atoms in total. The number of benzene rings is 1. The lowest BCUT2D eigenvalue weighted by atomic mass is 10.1. The molecule has 0 aromatic heterocycles. The largest absolute Gasteiger partial charge is 0.496 e. The molecule has 2 N–H and O–H groups in total. The zero-order valence-corrected chi connectivity index (χ0v) is 7.37. The Bertz CT molecular complexity index is 292. The standard InChI is InChI=1S/C10H13NO/c1-8-7-9(5-6-11)3-4-10(8)12-2/h3-7H,11H2,1-2H3/b6-5+. The second kappa shape index (κ2) is 3.81. The molecule has 0 aliphatic heterocycles. The Hall–Kier alpha value is -1.44. The molecular formula is C10H13NO. The van der Waals surface area contributed by atoms with E-state index in [1.54, 1.807) is 7.11 Å². The molecule has 0 atom stereocenters. The summed E-state index contributed by atoms with van der Waals surface area (Å²) in [5.41, 5.74) is 7.48. The lowest BCUT2D eigenvalue weighted by molar-refractivity contribution is 0.411. The third kappa shape index (κ3) is 1.78. The lowest BCUT2D eigenvalue weighted by Crippen LogP contribution is -1.87. The summed E-state index contributed by atoms with van der Waals surface area (Å²) in [6, 6.07) is 5.93. The second-order valence-electron chi connectivity index (χ2n) is 2.59. The molecule has 0 saturated carbocycles. The number of hydrogen-bond donors (Lipinski definition) is 1. The topological polar surface area (TPSA) is 35.2 Å². The molecule has 0 amide bonds. The molecule has 2 heteroatoms. The van der Waals surface area contributed by atoms with Crippen molar-refractivity contribution in [2.45, 2.75) is 6.92 Å². The van der Waals surface area contributed by atoms with E-state index in [4.69, 9.17) is 10.5 Å². The van der Waals surface area contributed by atoms with Crippen molar-refractivity contribution >= 4 is 6.08 Å². The molecule has 0 heterocycles. The van der Waals surface area contributed by atoms with Gasteiger partial charge < -0.3 is 10.5 Å². The molecule has 1 rings (SSSR count). The fourth-order valence-corrected chi connectivity index (χ4v) is 1.12. The minimum Gasteiger partial charge on any atom is -0.496 e. The van der Waals surface area contributed by atoms with Crippen LogP contribution in [-0.2, 0) is 0 Å². The zero-order valence-electron chi connectivity index (χ0n) is 7.37. The van der Waals surface area contributed by atoms with Gasteiger partial charge in [0.15, 0.2) is 0 Å². The number of ether oxygens (including phenoxy) is 1. The first-order valence-electron chi connectivity index (χ1n) is 3.81. The Balaban J connectivity index is 3.01. The summed E-state index contributed by atoms with van der Waals surface area (Å²) >= 11 is 0. The molecule has 0 bridgehead atoms. The monoisotopic (exact) mass is 163 g/mol. The second-order valence-corrected chi connectivity index (χ2v) is 2.59. The molecule has 0 saturated heterocycles. The van der Waals surface area contributed by atoms with Gasteiger partial charge in [-0.15, -0.1) is 0 Å². The van der Waals surface area contributed by atoms with E-state index in [2.05, 4.69) is 0 Å². The van der Waals surface area contributed by atoms with Crippen LogP contribution in [0, 0.1) is 6.92 Å². The normalized spacial score (nSPS) is 10.5.